The summed E-state index contributed by atoms with van der Waals surface area (Å²) in [4.78, 5) is 9.86. The number of unbranched alkanes of at least 4 members (excludes halogenated alkanes) is 1. The summed E-state index contributed by atoms with van der Waals surface area (Å²) in [7, 11) is 0. The van der Waals surface area contributed by atoms with Crippen LogP contribution in [0.5, 0.6) is 0 Å². The average Bonchev–Trinajstić information content (AvgIpc) is 1.89. The highest BCUT2D eigenvalue weighted by Gasteiger charge is 1.86. The minimum absolute atomic E-state index is 0.700. The van der Waals surface area contributed by atoms with E-state index in [4.69, 9.17) is 0 Å². The van der Waals surface area contributed by atoms with E-state index in [1.165, 1.54) is 5.57 Å². The zero-order valence-electron chi connectivity index (χ0n) is 6.18. The van der Waals surface area contributed by atoms with Crippen LogP contribution in [0, 0.1) is 0 Å². The number of rotatable bonds is 4. The van der Waals surface area contributed by atoms with Gasteiger partial charge in [0.2, 0.25) is 0 Å². The minimum Gasteiger partial charge on any atom is -0.303 e. The second-order valence-corrected chi connectivity index (χ2v) is 2.19. The predicted molar refractivity (Wildman–Crippen MR) is 39.3 cm³/mol. The SMILES string of the molecule is CC=C(C)CCCC=O. The van der Waals surface area contributed by atoms with Crippen molar-refractivity contribution in [1.29, 1.82) is 0 Å². The molecule has 0 spiro atoms. The minimum atomic E-state index is 0.700. The standard InChI is InChI=1S/C8H14O/c1-3-8(2)6-4-5-7-9/h3,7H,4-6H2,1-2H3. The molecule has 0 aliphatic carbocycles. The average molecular weight is 126 g/mol. The zero-order valence-corrected chi connectivity index (χ0v) is 6.18. The molecule has 0 atom stereocenters. The van der Waals surface area contributed by atoms with Crippen molar-refractivity contribution >= 4 is 6.29 Å². The second kappa shape index (κ2) is 5.54. The van der Waals surface area contributed by atoms with E-state index in [0.717, 1.165) is 19.1 Å². The Labute approximate surface area is 56.8 Å². The maximum Gasteiger partial charge on any atom is 0.120 e. The first kappa shape index (κ1) is 8.41. The molecule has 0 aliphatic heterocycles. The van der Waals surface area contributed by atoms with E-state index in [9.17, 15) is 4.79 Å². The van der Waals surface area contributed by atoms with Crippen molar-refractivity contribution in [1.82, 2.24) is 0 Å². The number of hydrogen-bond donors (Lipinski definition) is 0. The molecule has 0 amide bonds. The first-order valence-corrected chi connectivity index (χ1v) is 3.36. The van der Waals surface area contributed by atoms with Gasteiger partial charge in [-0.15, -0.1) is 0 Å². The lowest BCUT2D eigenvalue weighted by molar-refractivity contribution is -0.107. The maximum atomic E-state index is 9.86. The Morgan fingerprint density at radius 1 is 1.56 bits per heavy atom. The van der Waals surface area contributed by atoms with Crippen molar-refractivity contribution in [3.8, 4) is 0 Å². The smallest absolute Gasteiger partial charge is 0.120 e. The summed E-state index contributed by atoms with van der Waals surface area (Å²) in [6, 6.07) is 0. The van der Waals surface area contributed by atoms with Gasteiger partial charge in [0, 0.05) is 6.42 Å². The van der Waals surface area contributed by atoms with Crippen LogP contribution in [-0.4, -0.2) is 6.29 Å². The van der Waals surface area contributed by atoms with Gasteiger partial charge >= 0.3 is 0 Å². The van der Waals surface area contributed by atoms with Crippen LogP contribution in [0.1, 0.15) is 33.1 Å². The van der Waals surface area contributed by atoms with E-state index >= 15 is 0 Å². The van der Waals surface area contributed by atoms with Gasteiger partial charge in [0.15, 0.2) is 0 Å². The first-order valence-electron chi connectivity index (χ1n) is 3.36. The van der Waals surface area contributed by atoms with Crippen LogP contribution < -0.4 is 0 Å². The van der Waals surface area contributed by atoms with Crippen LogP contribution >= 0.6 is 0 Å². The van der Waals surface area contributed by atoms with Gasteiger partial charge in [-0.3, -0.25) is 0 Å². The molecule has 0 rings (SSSR count). The third kappa shape index (κ3) is 5.28. The summed E-state index contributed by atoms with van der Waals surface area (Å²) < 4.78 is 0. The number of hydrogen-bond acceptors (Lipinski definition) is 1. The number of allylic oxidation sites excluding steroid dienone is 2. The van der Waals surface area contributed by atoms with Crippen LogP contribution in [0.25, 0.3) is 0 Å². The fraction of sp³-hybridized carbons (Fsp3) is 0.625. The van der Waals surface area contributed by atoms with Crippen molar-refractivity contribution < 1.29 is 4.79 Å². The molecule has 52 valence electrons. The number of aldehydes is 1. The Balaban J connectivity index is 3.17. The lowest BCUT2D eigenvalue weighted by atomic mass is 10.1. The van der Waals surface area contributed by atoms with E-state index in [2.05, 4.69) is 13.0 Å². The van der Waals surface area contributed by atoms with E-state index < -0.39 is 0 Å². The van der Waals surface area contributed by atoms with Crippen LogP contribution in [0.4, 0.5) is 0 Å². The molecule has 0 saturated heterocycles. The molecule has 0 aromatic rings. The molecule has 1 nitrogen and oxygen atoms in total. The molecule has 9 heavy (non-hydrogen) atoms. The van der Waals surface area contributed by atoms with Gasteiger partial charge in [-0.1, -0.05) is 11.6 Å². The molecule has 0 aromatic carbocycles. The van der Waals surface area contributed by atoms with Gasteiger partial charge in [0.1, 0.15) is 6.29 Å². The molecular weight excluding hydrogens is 112 g/mol. The lowest BCUT2D eigenvalue weighted by Gasteiger charge is -1.94. The fourth-order valence-electron chi connectivity index (χ4n) is 0.609. The van der Waals surface area contributed by atoms with Crippen molar-refractivity contribution in [2.24, 2.45) is 0 Å². The molecule has 0 fully saturated rings. The van der Waals surface area contributed by atoms with E-state index in [1.54, 1.807) is 0 Å². The summed E-state index contributed by atoms with van der Waals surface area (Å²) in [6.45, 7) is 4.11. The number of carbonyl (C=O) groups is 1. The molecule has 0 bridgehead atoms. The maximum absolute atomic E-state index is 9.86. The van der Waals surface area contributed by atoms with Crippen molar-refractivity contribution in [2.45, 2.75) is 33.1 Å². The molecule has 0 unspecified atom stereocenters. The highest BCUT2D eigenvalue weighted by Crippen LogP contribution is 2.03. The summed E-state index contributed by atoms with van der Waals surface area (Å²) in [5.41, 5.74) is 1.37. The first-order chi connectivity index (χ1) is 4.31. The molecule has 0 saturated carbocycles. The Morgan fingerprint density at radius 3 is 2.67 bits per heavy atom. The van der Waals surface area contributed by atoms with Gasteiger partial charge < -0.3 is 4.79 Å². The quantitative estimate of drug-likeness (QED) is 0.321. The Morgan fingerprint density at radius 2 is 2.22 bits per heavy atom. The molecule has 0 aliphatic rings. The predicted octanol–water partition coefficient (Wildman–Crippen LogP) is 2.32. The van der Waals surface area contributed by atoms with E-state index in [-0.39, 0.29) is 0 Å². The molecule has 0 N–H and O–H groups in total. The highest BCUT2D eigenvalue weighted by molar-refractivity contribution is 5.49. The van der Waals surface area contributed by atoms with Gasteiger partial charge in [-0.25, -0.2) is 0 Å². The number of carbonyl (C=O) groups excluding carboxylic acids is 1. The third-order valence-corrected chi connectivity index (χ3v) is 1.39. The van der Waals surface area contributed by atoms with Crippen LogP contribution in [-0.2, 0) is 4.79 Å². The normalized spacial score (nSPS) is 11.6. The monoisotopic (exact) mass is 126 g/mol. The van der Waals surface area contributed by atoms with Crippen molar-refractivity contribution in [2.75, 3.05) is 0 Å². The molecule has 0 heterocycles. The third-order valence-electron chi connectivity index (χ3n) is 1.39. The molecule has 0 radical (unpaired) electrons. The highest BCUT2D eigenvalue weighted by atomic mass is 16.1. The lowest BCUT2D eigenvalue weighted by Crippen LogP contribution is -1.78. The van der Waals surface area contributed by atoms with E-state index in [1.807, 2.05) is 6.92 Å². The van der Waals surface area contributed by atoms with Crippen LogP contribution in [0.15, 0.2) is 11.6 Å². The fourth-order valence-corrected chi connectivity index (χ4v) is 0.609. The molecular formula is C8H14O. The summed E-state index contributed by atoms with van der Waals surface area (Å²) >= 11 is 0. The van der Waals surface area contributed by atoms with Gasteiger partial charge in [0.05, 0.1) is 0 Å². The summed E-state index contributed by atoms with van der Waals surface area (Å²) in [6.07, 6.45) is 5.83. The Bertz CT molecular complexity index is 103. The zero-order chi connectivity index (χ0) is 7.11. The molecule has 1 heteroatoms. The topological polar surface area (TPSA) is 17.1 Å². The second-order valence-electron chi connectivity index (χ2n) is 2.19. The molecule has 0 aromatic heterocycles. The van der Waals surface area contributed by atoms with Gasteiger partial charge in [0.25, 0.3) is 0 Å². The summed E-state index contributed by atoms with van der Waals surface area (Å²) in [5, 5.41) is 0. The Hall–Kier alpha value is -0.590. The largest absolute Gasteiger partial charge is 0.303 e. The van der Waals surface area contributed by atoms with Crippen LogP contribution in [0.2, 0.25) is 0 Å². The van der Waals surface area contributed by atoms with Crippen LogP contribution in [0.3, 0.4) is 0 Å². The summed E-state index contributed by atoms with van der Waals surface area (Å²) in [5.74, 6) is 0. The van der Waals surface area contributed by atoms with E-state index in [0.29, 0.717) is 6.42 Å². The van der Waals surface area contributed by atoms with Crippen molar-refractivity contribution in [3.05, 3.63) is 11.6 Å². The Kier molecular flexibility index (Phi) is 5.18. The van der Waals surface area contributed by atoms with Crippen molar-refractivity contribution in [3.63, 3.8) is 0 Å². The van der Waals surface area contributed by atoms with Gasteiger partial charge in [-0.2, -0.15) is 0 Å². The van der Waals surface area contributed by atoms with Gasteiger partial charge in [-0.05, 0) is 26.7 Å².